The highest BCUT2D eigenvalue weighted by molar-refractivity contribution is 7.89. The van der Waals surface area contributed by atoms with Crippen LogP contribution in [0.5, 0.6) is 0 Å². The minimum absolute atomic E-state index is 0.115. The minimum atomic E-state index is -3.74. The maximum absolute atomic E-state index is 13.4. The Morgan fingerprint density at radius 1 is 1.44 bits per heavy atom. The fourth-order valence-corrected chi connectivity index (χ4v) is 2.36. The average Bonchev–Trinajstić information content (AvgIpc) is 2.31. The van der Waals surface area contributed by atoms with Crippen LogP contribution in [-0.4, -0.2) is 15.0 Å². The molecular formula is C12H15FN2O2S. The quantitative estimate of drug-likeness (QED) is 0.493. The third kappa shape index (κ3) is 3.45. The third-order valence-corrected chi connectivity index (χ3v) is 3.83. The molecule has 0 saturated carbocycles. The van der Waals surface area contributed by atoms with E-state index in [1.54, 1.807) is 6.92 Å². The molecule has 0 aliphatic rings. The smallest absolute Gasteiger partial charge is 0.240 e. The van der Waals surface area contributed by atoms with Gasteiger partial charge in [-0.2, -0.15) is 0 Å². The van der Waals surface area contributed by atoms with Crippen LogP contribution in [-0.2, 0) is 10.0 Å². The molecular weight excluding hydrogens is 255 g/mol. The van der Waals surface area contributed by atoms with E-state index in [1.165, 1.54) is 13.0 Å². The van der Waals surface area contributed by atoms with Crippen molar-refractivity contribution in [2.45, 2.75) is 25.2 Å². The van der Waals surface area contributed by atoms with Crippen molar-refractivity contribution < 1.29 is 12.8 Å². The Bertz CT molecular complexity index is 577. The maximum atomic E-state index is 13.4. The third-order valence-electron chi connectivity index (χ3n) is 2.39. The molecule has 0 bridgehead atoms. The van der Waals surface area contributed by atoms with Crippen LogP contribution >= 0.6 is 0 Å². The highest BCUT2D eigenvalue weighted by atomic mass is 32.2. The number of benzene rings is 1. The van der Waals surface area contributed by atoms with E-state index >= 15 is 0 Å². The summed E-state index contributed by atoms with van der Waals surface area (Å²) < 4.78 is 39.4. The minimum Gasteiger partial charge on any atom is -0.398 e. The second-order valence-corrected chi connectivity index (χ2v) is 5.46. The monoisotopic (exact) mass is 270 g/mol. The van der Waals surface area contributed by atoms with E-state index in [-0.39, 0.29) is 22.7 Å². The van der Waals surface area contributed by atoms with Gasteiger partial charge in [0.05, 0.1) is 4.90 Å². The number of hydrogen-bond acceptors (Lipinski definition) is 3. The van der Waals surface area contributed by atoms with Gasteiger partial charge in [-0.25, -0.2) is 17.5 Å². The van der Waals surface area contributed by atoms with E-state index in [1.807, 2.05) is 0 Å². The molecule has 3 N–H and O–H groups in total. The lowest BCUT2D eigenvalue weighted by atomic mass is 10.2. The standard InChI is InChI=1S/C12H15FN2O2S/c1-3-4-5-6-15-18(16,17)10-7-11(13)9(2)12(14)8-10/h7-8,15H,5-6,14H2,1-2H3. The van der Waals surface area contributed by atoms with E-state index in [4.69, 9.17) is 5.73 Å². The number of sulfonamides is 1. The van der Waals surface area contributed by atoms with Crippen LogP contribution in [0.25, 0.3) is 0 Å². The normalized spacial score (nSPS) is 10.8. The first-order valence-electron chi connectivity index (χ1n) is 5.33. The van der Waals surface area contributed by atoms with Crippen LogP contribution in [0.4, 0.5) is 10.1 Å². The van der Waals surface area contributed by atoms with Gasteiger partial charge in [0.15, 0.2) is 0 Å². The molecule has 0 amide bonds. The number of nitrogens with one attached hydrogen (secondary N) is 1. The summed E-state index contributed by atoms with van der Waals surface area (Å²) in [6, 6.07) is 2.20. The van der Waals surface area contributed by atoms with Gasteiger partial charge in [0, 0.05) is 24.2 Å². The van der Waals surface area contributed by atoms with E-state index in [2.05, 4.69) is 16.6 Å². The summed E-state index contributed by atoms with van der Waals surface area (Å²) >= 11 is 0. The number of halogens is 1. The molecule has 6 heteroatoms. The lowest BCUT2D eigenvalue weighted by Gasteiger charge is -2.08. The molecule has 98 valence electrons. The predicted molar refractivity (Wildman–Crippen MR) is 68.8 cm³/mol. The second kappa shape index (κ2) is 5.85. The Balaban J connectivity index is 2.94. The maximum Gasteiger partial charge on any atom is 0.240 e. The Hall–Kier alpha value is -1.58. The summed E-state index contributed by atoms with van der Waals surface area (Å²) in [6.07, 6.45) is 0.402. The first kappa shape index (κ1) is 14.5. The zero-order valence-electron chi connectivity index (χ0n) is 10.2. The Labute approximate surface area is 106 Å². The van der Waals surface area contributed by atoms with Crippen molar-refractivity contribution in [3.05, 3.63) is 23.5 Å². The highest BCUT2D eigenvalue weighted by Crippen LogP contribution is 2.20. The molecule has 1 rings (SSSR count). The molecule has 0 heterocycles. The topological polar surface area (TPSA) is 72.2 Å². The van der Waals surface area contributed by atoms with Gasteiger partial charge in [-0.15, -0.1) is 11.8 Å². The number of rotatable bonds is 4. The summed E-state index contributed by atoms with van der Waals surface area (Å²) in [7, 11) is -3.74. The van der Waals surface area contributed by atoms with Crippen molar-refractivity contribution in [3.8, 4) is 11.8 Å². The van der Waals surface area contributed by atoms with Crippen molar-refractivity contribution >= 4 is 15.7 Å². The van der Waals surface area contributed by atoms with Crippen molar-refractivity contribution in [1.29, 1.82) is 0 Å². The molecule has 0 fully saturated rings. The molecule has 0 atom stereocenters. The number of nitrogen functional groups attached to an aromatic ring is 1. The SMILES string of the molecule is CC#CCCNS(=O)(=O)c1cc(N)c(C)c(F)c1. The van der Waals surface area contributed by atoms with Gasteiger partial charge in [0.2, 0.25) is 10.0 Å². The summed E-state index contributed by atoms with van der Waals surface area (Å²) in [5, 5.41) is 0. The number of nitrogens with two attached hydrogens (primary N) is 1. The first-order valence-corrected chi connectivity index (χ1v) is 6.81. The van der Waals surface area contributed by atoms with Crippen molar-refractivity contribution in [2.24, 2.45) is 0 Å². The van der Waals surface area contributed by atoms with Gasteiger partial charge in [-0.05, 0) is 26.0 Å². The number of anilines is 1. The molecule has 1 aromatic carbocycles. The Morgan fingerprint density at radius 2 is 2.11 bits per heavy atom. The van der Waals surface area contributed by atoms with Crippen LogP contribution in [0.15, 0.2) is 17.0 Å². The lowest BCUT2D eigenvalue weighted by molar-refractivity contribution is 0.577. The largest absolute Gasteiger partial charge is 0.398 e. The van der Waals surface area contributed by atoms with E-state index in [0.29, 0.717) is 6.42 Å². The van der Waals surface area contributed by atoms with Crippen LogP contribution in [0, 0.1) is 24.6 Å². The molecule has 1 aromatic rings. The average molecular weight is 270 g/mol. The lowest BCUT2D eigenvalue weighted by Crippen LogP contribution is -2.25. The summed E-state index contributed by atoms with van der Waals surface area (Å²) in [4.78, 5) is -0.174. The fourth-order valence-electron chi connectivity index (χ4n) is 1.29. The molecule has 0 unspecified atom stereocenters. The summed E-state index contributed by atoms with van der Waals surface area (Å²) in [6.45, 7) is 3.34. The van der Waals surface area contributed by atoms with Crippen LogP contribution in [0.2, 0.25) is 0 Å². The van der Waals surface area contributed by atoms with E-state index in [0.717, 1.165) is 6.07 Å². The molecule has 18 heavy (non-hydrogen) atoms. The summed E-state index contributed by atoms with van der Waals surface area (Å²) in [5.41, 5.74) is 5.90. The summed E-state index contributed by atoms with van der Waals surface area (Å²) in [5.74, 6) is 4.75. The molecule has 0 aromatic heterocycles. The second-order valence-electron chi connectivity index (χ2n) is 3.69. The van der Waals surface area contributed by atoms with Gasteiger partial charge in [-0.1, -0.05) is 0 Å². The zero-order valence-corrected chi connectivity index (χ0v) is 11.1. The van der Waals surface area contributed by atoms with Gasteiger partial charge in [0.25, 0.3) is 0 Å². The number of hydrogen-bond donors (Lipinski definition) is 2. The van der Waals surface area contributed by atoms with Crippen LogP contribution < -0.4 is 10.5 Å². The fraction of sp³-hybridized carbons (Fsp3) is 0.333. The molecule has 0 spiro atoms. The van der Waals surface area contributed by atoms with Gasteiger partial charge in [0.1, 0.15) is 5.82 Å². The molecule has 0 aliphatic carbocycles. The van der Waals surface area contributed by atoms with Crippen molar-refractivity contribution in [1.82, 2.24) is 4.72 Å². The first-order chi connectivity index (χ1) is 8.38. The van der Waals surface area contributed by atoms with E-state index < -0.39 is 15.8 Å². The highest BCUT2D eigenvalue weighted by Gasteiger charge is 2.16. The van der Waals surface area contributed by atoms with Crippen molar-refractivity contribution in [3.63, 3.8) is 0 Å². The zero-order chi connectivity index (χ0) is 13.8. The Kier molecular flexibility index (Phi) is 4.70. The van der Waals surface area contributed by atoms with Gasteiger partial charge >= 0.3 is 0 Å². The molecule has 4 nitrogen and oxygen atoms in total. The predicted octanol–water partition coefficient (Wildman–Crippen LogP) is 1.41. The van der Waals surface area contributed by atoms with Crippen molar-refractivity contribution in [2.75, 3.05) is 12.3 Å². The molecule has 0 radical (unpaired) electrons. The molecule has 0 saturated heterocycles. The van der Waals surface area contributed by atoms with Gasteiger partial charge in [-0.3, -0.25) is 0 Å². The molecule has 0 aliphatic heterocycles. The Morgan fingerprint density at radius 3 is 2.67 bits per heavy atom. The van der Waals surface area contributed by atoms with Crippen LogP contribution in [0.1, 0.15) is 18.9 Å². The van der Waals surface area contributed by atoms with E-state index in [9.17, 15) is 12.8 Å². The van der Waals surface area contributed by atoms with Crippen LogP contribution in [0.3, 0.4) is 0 Å². The van der Waals surface area contributed by atoms with Gasteiger partial charge < -0.3 is 5.73 Å².